The number of aromatic hydroxyl groups is 1. The van der Waals surface area contributed by atoms with Gasteiger partial charge in [0.1, 0.15) is 36.0 Å². The van der Waals surface area contributed by atoms with Crippen molar-refractivity contribution in [2.24, 2.45) is 23.1 Å². The molecule has 0 unspecified atom stereocenters. The van der Waals surface area contributed by atoms with Gasteiger partial charge >= 0.3 is 0 Å². The second-order valence-corrected chi connectivity index (χ2v) is 17.5. The number of nitrogens with two attached hydrogens (primary N) is 3. The second kappa shape index (κ2) is 24.1. The van der Waals surface area contributed by atoms with Crippen molar-refractivity contribution in [1.29, 1.82) is 0 Å². The number of aromatic nitrogens is 2. The lowest BCUT2D eigenvalue weighted by Gasteiger charge is -2.28. The Labute approximate surface area is 382 Å². The maximum Gasteiger partial charge on any atom is 0.243 e. The van der Waals surface area contributed by atoms with Crippen LogP contribution in [0, 0.1) is 5.92 Å². The minimum atomic E-state index is -1.25. The highest BCUT2D eigenvalue weighted by Crippen LogP contribution is 2.21. The third kappa shape index (κ3) is 14.1. The van der Waals surface area contributed by atoms with E-state index in [9.17, 15) is 33.9 Å². The monoisotopic (exact) mass is 910 g/mol. The number of unbranched alkanes of at least 4 members (excludes halogenated alkanes) is 1. The highest BCUT2D eigenvalue weighted by Gasteiger charge is 2.34. The first-order valence-corrected chi connectivity index (χ1v) is 23.2. The first-order chi connectivity index (χ1) is 31.2. The predicted molar refractivity (Wildman–Crippen MR) is 253 cm³/mol. The van der Waals surface area contributed by atoms with E-state index in [0.29, 0.717) is 30.7 Å². The molecule has 65 heavy (non-hydrogen) atoms. The molecule has 14 N–H and O–H groups in total. The second-order valence-electron chi connectivity index (χ2n) is 16.5. The van der Waals surface area contributed by atoms with Gasteiger partial charge in [-0.1, -0.05) is 62.4 Å². The van der Waals surface area contributed by atoms with E-state index in [-0.39, 0.29) is 37.9 Å². The molecule has 0 saturated heterocycles. The number of phenolic OH excluding ortho intramolecular Hbond substituents is 1. The minimum absolute atomic E-state index is 0.00287. The van der Waals surface area contributed by atoms with Gasteiger partial charge in [-0.3, -0.25) is 28.8 Å². The third-order valence-electron chi connectivity index (χ3n) is 11.3. The van der Waals surface area contributed by atoms with Crippen LogP contribution in [0.4, 0.5) is 0 Å². The summed E-state index contributed by atoms with van der Waals surface area (Å²) >= 11 is 1.45. The van der Waals surface area contributed by atoms with Crippen LogP contribution in [-0.2, 0) is 48.0 Å². The van der Waals surface area contributed by atoms with Crippen LogP contribution in [0.25, 0.3) is 21.8 Å². The summed E-state index contributed by atoms with van der Waals surface area (Å²) in [5.74, 6) is -3.93. The fourth-order valence-corrected chi connectivity index (χ4v) is 8.06. The predicted octanol–water partition coefficient (Wildman–Crippen LogP) is 2.16. The number of primary amides is 1. The number of hydrogen-bond donors (Lipinski definition) is 11. The van der Waals surface area contributed by atoms with E-state index in [1.807, 2.05) is 54.8 Å². The topological polar surface area (TPSA) is 292 Å². The van der Waals surface area contributed by atoms with Crippen molar-refractivity contribution >= 4 is 69.0 Å². The van der Waals surface area contributed by atoms with E-state index in [1.165, 1.54) is 23.9 Å². The van der Waals surface area contributed by atoms with Gasteiger partial charge in [0.15, 0.2) is 0 Å². The molecule has 0 aliphatic rings. The van der Waals surface area contributed by atoms with Crippen molar-refractivity contribution in [3.8, 4) is 5.75 Å². The Bertz CT molecular complexity index is 2400. The first kappa shape index (κ1) is 49.6. The number of amides is 6. The molecule has 18 heteroatoms. The van der Waals surface area contributed by atoms with Crippen LogP contribution in [0.3, 0.4) is 0 Å². The van der Waals surface area contributed by atoms with Gasteiger partial charge in [-0.25, -0.2) is 0 Å². The highest BCUT2D eigenvalue weighted by atomic mass is 32.2. The number of phenols is 1. The van der Waals surface area contributed by atoms with Crippen LogP contribution in [-0.4, -0.2) is 105 Å². The molecule has 0 aliphatic carbocycles. The minimum Gasteiger partial charge on any atom is -0.508 e. The largest absolute Gasteiger partial charge is 0.508 e. The van der Waals surface area contributed by atoms with Crippen LogP contribution in [0.5, 0.6) is 5.75 Å². The van der Waals surface area contributed by atoms with E-state index < -0.39 is 77.6 Å². The quantitative estimate of drug-likeness (QED) is 0.0380. The van der Waals surface area contributed by atoms with E-state index in [0.717, 1.165) is 32.9 Å². The summed E-state index contributed by atoms with van der Waals surface area (Å²) in [5.41, 5.74) is 21.9. The van der Waals surface area contributed by atoms with Crippen molar-refractivity contribution in [2.75, 3.05) is 18.6 Å². The molecule has 0 fully saturated rings. The van der Waals surface area contributed by atoms with Gasteiger partial charge in [0.05, 0.1) is 6.04 Å². The molecule has 0 saturated carbocycles. The number of benzene rings is 3. The van der Waals surface area contributed by atoms with Gasteiger partial charge in [0.2, 0.25) is 35.4 Å². The Balaban J connectivity index is 1.31. The zero-order chi connectivity index (χ0) is 47.0. The normalized spacial score (nSPS) is 14.2. The van der Waals surface area contributed by atoms with Crippen molar-refractivity contribution in [3.63, 3.8) is 0 Å². The lowest BCUT2D eigenvalue weighted by atomic mass is 10.00. The maximum absolute atomic E-state index is 14.3. The number of hydrogen-bond acceptors (Lipinski definition) is 10. The zero-order valence-corrected chi connectivity index (χ0v) is 37.8. The van der Waals surface area contributed by atoms with Crippen LogP contribution >= 0.6 is 11.8 Å². The van der Waals surface area contributed by atoms with Gasteiger partial charge in [0, 0.05) is 47.0 Å². The Kier molecular flexibility index (Phi) is 18.4. The van der Waals surface area contributed by atoms with Crippen molar-refractivity contribution in [1.82, 2.24) is 36.6 Å². The fraction of sp³-hybridized carbons (Fsp3) is 0.404. The average molecular weight is 911 g/mol. The molecule has 0 radical (unpaired) electrons. The Hall–Kier alpha value is -6.37. The fourth-order valence-electron chi connectivity index (χ4n) is 7.59. The highest BCUT2D eigenvalue weighted by molar-refractivity contribution is 7.98. The van der Waals surface area contributed by atoms with Crippen LogP contribution in [0.1, 0.15) is 56.2 Å². The molecule has 6 amide bonds. The van der Waals surface area contributed by atoms with Crippen molar-refractivity contribution in [3.05, 3.63) is 102 Å². The first-order valence-electron chi connectivity index (χ1n) is 21.8. The number of H-pyrrole nitrogens is 2. The number of nitrogens with one attached hydrogen (secondary N) is 7. The molecular formula is C47H62N10O7S. The number of fused-ring (bicyclic) bond motifs is 2. The zero-order valence-electron chi connectivity index (χ0n) is 37.0. The molecule has 5 rings (SSSR count). The summed E-state index contributed by atoms with van der Waals surface area (Å²) in [6.07, 6.45) is 7.12. The smallest absolute Gasteiger partial charge is 0.243 e. The summed E-state index contributed by atoms with van der Waals surface area (Å²) in [6, 6.07) is 14.6. The van der Waals surface area contributed by atoms with Crippen molar-refractivity contribution < 1.29 is 33.9 Å². The lowest BCUT2D eigenvalue weighted by Crippen LogP contribution is -2.60. The standard InChI is InChI=1S/C47H62N10O7S/c1-27(2)41(47(64)55-39(42(50)59)24-30-26-52-36-13-7-5-11-33(30)36)57-45(62)38(19-21-65-3)54-46(63)40(22-28-15-17-31(58)18-16-28)56-44(61)37(14-8-9-20-48)53-43(60)34(49)23-29-25-51-35-12-6-4-10-32(29)35/h4-7,10-13,15-18,25-27,34,37-41,51-52,58H,8-9,14,19-24,48-49H2,1-3H3,(H2,50,59)(H,53,60)(H,54,63)(H,55,64)(H,56,61)(H,57,62)/t34-,37-,38-,39-,40-,41-/m0/s1. The Morgan fingerprint density at radius 2 is 1.15 bits per heavy atom. The van der Waals surface area contributed by atoms with Gasteiger partial charge in [-0.05, 0) is 97.5 Å². The summed E-state index contributed by atoms with van der Waals surface area (Å²) < 4.78 is 0. The van der Waals surface area contributed by atoms with Gasteiger partial charge in [-0.15, -0.1) is 0 Å². The molecule has 6 atom stereocenters. The number of para-hydroxylation sites is 2. The molecule has 2 heterocycles. The summed E-state index contributed by atoms with van der Waals surface area (Å²) in [4.78, 5) is 88.9. The summed E-state index contributed by atoms with van der Waals surface area (Å²) in [6.45, 7) is 3.84. The molecule has 348 valence electrons. The van der Waals surface area contributed by atoms with Gasteiger partial charge < -0.3 is 58.9 Å². The number of thioether (sulfide) groups is 1. The van der Waals surface area contributed by atoms with Crippen LogP contribution in [0.15, 0.2) is 85.2 Å². The van der Waals surface area contributed by atoms with Crippen molar-refractivity contribution in [2.45, 2.75) is 95.0 Å². The molecular weight excluding hydrogens is 849 g/mol. The summed E-state index contributed by atoms with van der Waals surface area (Å²) in [5, 5.41) is 25.7. The molecule has 17 nitrogen and oxygen atoms in total. The number of rotatable bonds is 25. The molecule has 0 bridgehead atoms. The third-order valence-corrected chi connectivity index (χ3v) is 11.9. The molecule has 0 spiro atoms. The van der Waals surface area contributed by atoms with Gasteiger partial charge in [-0.2, -0.15) is 11.8 Å². The molecule has 5 aromatic rings. The maximum atomic E-state index is 14.3. The Morgan fingerprint density at radius 3 is 1.74 bits per heavy atom. The Morgan fingerprint density at radius 1 is 0.631 bits per heavy atom. The van der Waals surface area contributed by atoms with E-state index in [2.05, 4.69) is 36.6 Å². The van der Waals surface area contributed by atoms with E-state index in [1.54, 1.807) is 38.4 Å². The number of carbonyl (C=O) groups is 6. The van der Waals surface area contributed by atoms with Crippen LogP contribution < -0.4 is 43.8 Å². The molecule has 2 aromatic heterocycles. The van der Waals surface area contributed by atoms with Crippen LogP contribution in [0.2, 0.25) is 0 Å². The number of carbonyl (C=O) groups excluding carboxylic acids is 6. The van der Waals surface area contributed by atoms with E-state index >= 15 is 0 Å². The molecule has 0 aliphatic heterocycles. The lowest BCUT2D eigenvalue weighted by molar-refractivity contribution is -0.135. The molecule has 3 aromatic carbocycles. The summed E-state index contributed by atoms with van der Waals surface area (Å²) in [7, 11) is 0. The number of aromatic amines is 2. The van der Waals surface area contributed by atoms with E-state index in [4.69, 9.17) is 17.2 Å². The average Bonchev–Trinajstić information content (AvgIpc) is 3.90. The van der Waals surface area contributed by atoms with Gasteiger partial charge in [0.25, 0.3) is 0 Å². The SMILES string of the molecule is CSCC[C@H](NC(=O)[C@H](Cc1ccc(O)cc1)NC(=O)[C@H](CCCCN)NC(=O)[C@@H](N)Cc1c[nH]c2ccccc12)C(=O)N[C@H](C(=O)N[C@@H](Cc1c[nH]c2ccccc12)C(N)=O)C(C)C.